The Balaban J connectivity index is 1.51. The molecule has 0 radical (unpaired) electrons. The van der Waals surface area contributed by atoms with Gasteiger partial charge >= 0.3 is 0 Å². The second-order valence-electron chi connectivity index (χ2n) is 5.95. The van der Waals surface area contributed by atoms with Crippen molar-refractivity contribution in [2.45, 2.75) is 32.2 Å². The van der Waals surface area contributed by atoms with Crippen molar-refractivity contribution in [2.24, 2.45) is 17.8 Å². The Morgan fingerprint density at radius 3 is 2.39 bits per heavy atom. The minimum atomic E-state index is -0.0254. The summed E-state index contributed by atoms with van der Waals surface area (Å²) in [7, 11) is 0. The largest absolute Gasteiger partial charge is 0.340 e. The molecule has 1 amide bonds. The second kappa shape index (κ2) is 4.55. The first-order valence-corrected chi connectivity index (χ1v) is 7.15. The van der Waals surface area contributed by atoms with Crippen LogP contribution in [0.25, 0.3) is 0 Å². The monoisotopic (exact) mass is 247 g/mol. The van der Waals surface area contributed by atoms with Crippen molar-refractivity contribution >= 4 is 5.91 Å². The Hall–Kier alpha value is -1.08. The lowest BCUT2D eigenvalue weighted by atomic mass is 10.1. The molecule has 2 aliphatic carbocycles. The average Bonchev–Trinajstić information content (AvgIpc) is 2.89. The van der Waals surface area contributed by atoms with E-state index >= 15 is 0 Å². The lowest BCUT2D eigenvalue weighted by molar-refractivity contribution is -0.135. The van der Waals surface area contributed by atoms with E-state index in [0.717, 1.165) is 26.2 Å². The van der Waals surface area contributed by atoms with Crippen LogP contribution in [0, 0.1) is 29.1 Å². The molecule has 3 rings (SSSR count). The highest BCUT2D eigenvalue weighted by Crippen LogP contribution is 2.58. The van der Waals surface area contributed by atoms with Gasteiger partial charge in [-0.1, -0.05) is 6.42 Å². The van der Waals surface area contributed by atoms with Gasteiger partial charge in [0.05, 0.1) is 12.1 Å². The van der Waals surface area contributed by atoms with Crippen molar-refractivity contribution in [1.29, 1.82) is 5.26 Å². The number of hydrogen-bond donors (Lipinski definition) is 0. The summed E-state index contributed by atoms with van der Waals surface area (Å²) in [6.45, 7) is 5.25. The Bertz CT molecular complexity index is 371. The molecule has 0 N–H and O–H groups in total. The number of carbonyl (C=O) groups is 1. The number of carbonyl (C=O) groups excluding carboxylic acids is 1. The van der Waals surface area contributed by atoms with E-state index < -0.39 is 0 Å². The molecule has 1 heterocycles. The van der Waals surface area contributed by atoms with Gasteiger partial charge in [-0.15, -0.1) is 0 Å². The Kier molecular flexibility index (Phi) is 3.03. The third-order valence-electron chi connectivity index (χ3n) is 5.05. The zero-order valence-corrected chi connectivity index (χ0v) is 11.0. The van der Waals surface area contributed by atoms with E-state index in [1.165, 1.54) is 19.3 Å². The summed E-state index contributed by atoms with van der Waals surface area (Å²) >= 11 is 0. The molecule has 4 nitrogen and oxygen atoms in total. The summed E-state index contributed by atoms with van der Waals surface area (Å²) < 4.78 is 0. The normalized spacial score (nSPS) is 36.9. The predicted octanol–water partition coefficient (Wildman–Crippen LogP) is 1.09. The SMILES string of the molecule is CC(C#N)N1CCN(C(=O)C2C3CCCC32)CC1. The molecule has 3 aliphatic rings. The van der Waals surface area contributed by atoms with Crippen molar-refractivity contribution in [3.05, 3.63) is 0 Å². The lowest BCUT2D eigenvalue weighted by Gasteiger charge is -2.36. The average molecular weight is 247 g/mol. The number of nitriles is 1. The minimum absolute atomic E-state index is 0.0254. The zero-order chi connectivity index (χ0) is 12.7. The van der Waals surface area contributed by atoms with E-state index in [-0.39, 0.29) is 6.04 Å². The lowest BCUT2D eigenvalue weighted by Crippen LogP contribution is -2.51. The molecular formula is C14H21N3O. The molecule has 0 aromatic rings. The first kappa shape index (κ1) is 12.0. The van der Waals surface area contributed by atoms with Gasteiger partial charge in [0.25, 0.3) is 0 Å². The number of hydrogen-bond acceptors (Lipinski definition) is 3. The van der Waals surface area contributed by atoms with Crippen molar-refractivity contribution in [1.82, 2.24) is 9.80 Å². The van der Waals surface area contributed by atoms with Gasteiger partial charge in [0, 0.05) is 32.1 Å². The van der Waals surface area contributed by atoms with Crippen LogP contribution >= 0.6 is 0 Å². The molecule has 3 fully saturated rings. The van der Waals surface area contributed by atoms with Crippen LogP contribution < -0.4 is 0 Å². The van der Waals surface area contributed by atoms with Crippen LogP contribution in [0.1, 0.15) is 26.2 Å². The molecule has 0 aromatic heterocycles. The summed E-state index contributed by atoms with van der Waals surface area (Å²) in [6, 6.07) is 2.24. The van der Waals surface area contributed by atoms with Crippen molar-refractivity contribution < 1.29 is 4.79 Å². The highest BCUT2D eigenvalue weighted by atomic mass is 16.2. The molecule has 4 heteroatoms. The van der Waals surface area contributed by atoms with E-state index in [2.05, 4.69) is 11.0 Å². The van der Waals surface area contributed by atoms with Crippen molar-refractivity contribution in [3.63, 3.8) is 0 Å². The van der Waals surface area contributed by atoms with Gasteiger partial charge in [0.2, 0.25) is 5.91 Å². The summed E-state index contributed by atoms with van der Waals surface area (Å²) in [5.41, 5.74) is 0. The minimum Gasteiger partial charge on any atom is -0.340 e. The van der Waals surface area contributed by atoms with Gasteiger partial charge in [-0.25, -0.2) is 0 Å². The van der Waals surface area contributed by atoms with Gasteiger partial charge in [0.15, 0.2) is 0 Å². The fraction of sp³-hybridized carbons (Fsp3) is 0.857. The van der Waals surface area contributed by atoms with Gasteiger partial charge in [0.1, 0.15) is 0 Å². The van der Waals surface area contributed by atoms with E-state index in [1.54, 1.807) is 0 Å². The van der Waals surface area contributed by atoms with Gasteiger partial charge in [-0.2, -0.15) is 5.26 Å². The zero-order valence-electron chi connectivity index (χ0n) is 11.0. The molecule has 3 unspecified atom stereocenters. The van der Waals surface area contributed by atoms with Crippen LogP contribution in [0.15, 0.2) is 0 Å². The van der Waals surface area contributed by atoms with Crippen LogP contribution in [0.2, 0.25) is 0 Å². The summed E-state index contributed by atoms with van der Waals surface area (Å²) in [5.74, 6) is 2.19. The Morgan fingerprint density at radius 2 is 1.83 bits per heavy atom. The molecule has 18 heavy (non-hydrogen) atoms. The number of fused-ring (bicyclic) bond motifs is 1. The molecule has 0 spiro atoms. The molecule has 98 valence electrons. The third kappa shape index (κ3) is 1.91. The molecule has 1 aliphatic heterocycles. The molecule has 2 saturated carbocycles. The van der Waals surface area contributed by atoms with Crippen LogP contribution in [0.4, 0.5) is 0 Å². The van der Waals surface area contributed by atoms with E-state index in [0.29, 0.717) is 23.7 Å². The van der Waals surface area contributed by atoms with E-state index in [9.17, 15) is 4.79 Å². The molecule has 1 saturated heterocycles. The quantitative estimate of drug-likeness (QED) is 0.734. The highest BCUT2D eigenvalue weighted by molar-refractivity contribution is 5.82. The summed E-state index contributed by atoms with van der Waals surface area (Å²) in [5, 5.41) is 8.90. The molecule has 0 aromatic carbocycles. The van der Waals surface area contributed by atoms with Crippen LogP contribution in [-0.2, 0) is 4.79 Å². The highest BCUT2D eigenvalue weighted by Gasteiger charge is 2.57. The maximum Gasteiger partial charge on any atom is 0.226 e. The van der Waals surface area contributed by atoms with Gasteiger partial charge in [-0.05, 0) is 31.6 Å². The smallest absolute Gasteiger partial charge is 0.226 e. The number of amides is 1. The summed E-state index contributed by atoms with van der Waals surface area (Å²) in [4.78, 5) is 16.6. The Morgan fingerprint density at radius 1 is 1.22 bits per heavy atom. The molecule has 0 bridgehead atoms. The van der Waals surface area contributed by atoms with Gasteiger partial charge in [-0.3, -0.25) is 9.69 Å². The Labute approximate surface area is 109 Å². The number of rotatable bonds is 2. The van der Waals surface area contributed by atoms with Crippen molar-refractivity contribution in [2.75, 3.05) is 26.2 Å². The standard InChI is InChI=1S/C14H21N3O/c1-10(9-15)16-5-7-17(8-6-16)14(18)13-11-3-2-4-12(11)13/h10-13H,2-8H2,1H3. The van der Waals surface area contributed by atoms with Crippen LogP contribution in [0.5, 0.6) is 0 Å². The maximum atomic E-state index is 12.4. The molecular weight excluding hydrogens is 226 g/mol. The van der Waals surface area contributed by atoms with Gasteiger partial charge < -0.3 is 4.90 Å². The first-order chi connectivity index (χ1) is 8.72. The van der Waals surface area contributed by atoms with E-state index in [1.807, 2.05) is 11.8 Å². The number of piperazine rings is 1. The predicted molar refractivity (Wildman–Crippen MR) is 67.5 cm³/mol. The maximum absolute atomic E-state index is 12.4. The summed E-state index contributed by atoms with van der Waals surface area (Å²) in [6.07, 6.45) is 3.87. The fourth-order valence-corrected chi connectivity index (χ4v) is 3.81. The first-order valence-electron chi connectivity index (χ1n) is 7.15. The van der Waals surface area contributed by atoms with Crippen LogP contribution in [-0.4, -0.2) is 47.9 Å². The third-order valence-corrected chi connectivity index (χ3v) is 5.05. The molecule has 3 atom stereocenters. The second-order valence-corrected chi connectivity index (χ2v) is 5.95. The fourth-order valence-electron chi connectivity index (χ4n) is 3.81. The topological polar surface area (TPSA) is 47.3 Å². The van der Waals surface area contributed by atoms with Crippen molar-refractivity contribution in [3.8, 4) is 6.07 Å². The van der Waals surface area contributed by atoms with E-state index in [4.69, 9.17) is 5.26 Å². The number of nitrogens with zero attached hydrogens (tertiary/aromatic N) is 3. The van der Waals surface area contributed by atoms with Crippen LogP contribution in [0.3, 0.4) is 0 Å².